The number of hydrogen-bond donors (Lipinski definition) is 1. The molecule has 1 heteroatoms. The molecule has 0 aromatic heterocycles. The van der Waals surface area contributed by atoms with Crippen molar-refractivity contribution in [2.45, 2.75) is 111 Å². The number of rotatable bonds is 5. The van der Waals surface area contributed by atoms with E-state index >= 15 is 0 Å². The van der Waals surface area contributed by atoms with Crippen molar-refractivity contribution in [3.05, 3.63) is 11.6 Å². The molecular formula is C27H46O. The topological polar surface area (TPSA) is 20.2 Å². The molecule has 0 amide bonds. The number of hydrogen-bond acceptors (Lipinski definition) is 1. The van der Waals surface area contributed by atoms with Gasteiger partial charge in [-0.05, 0) is 97.7 Å². The van der Waals surface area contributed by atoms with Crippen molar-refractivity contribution >= 4 is 0 Å². The van der Waals surface area contributed by atoms with E-state index in [0.29, 0.717) is 10.8 Å². The molecule has 0 aromatic carbocycles. The van der Waals surface area contributed by atoms with Crippen LogP contribution in [0.15, 0.2) is 11.6 Å². The van der Waals surface area contributed by atoms with Crippen LogP contribution in [-0.4, -0.2) is 11.2 Å². The lowest BCUT2D eigenvalue weighted by atomic mass is 9.47. The van der Waals surface area contributed by atoms with Crippen LogP contribution in [0.5, 0.6) is 0 Å². The molecule has 0 aromatic rings. The van der Waals surface area contributed by atoms with Gasteiger partial charge in [-0.3, -0.25) is 0 Å². The Morgan fingerprint density at radius 1 is 0.964 bits per heavy atom. The van der Waals surface area contributed by atoms with E-state index in [1.165, 1.54) is 57.8 Å². The maximum atomic E-state index is 10.2. The molecule has 0 radical (unpaired) electrons. The highest BCUT2D eigenvalue weighted by atomic mass is 16.3. The fourth-order valence-electron chi connectivity index (χ4n) is 8.51. The minimum absolute atomic E-state index is 0.0376. The Bertz CT molecular complexity index is 591. The second-order valence-corrected chi connectivity index (χ2v) is 12.2. The zero-order chi connectivity index (χ0) is 20.1. The summed E-state index contributed by atoms with van der Waals surface area (Å²) in [5.74, 6) is 5.07. The maximum absolute atomic E-state index is 10.2. The predicted octanol–water partition coefficient (Wildman–Crippen LogP) is 7.39. The molecule has 8 atom stereocenters. The van der Waals surface area contributed by atoms with Gasteiger partial charge in [0, 0.05) is 0 Å². The number of allylic oxidation sites excluding steroid dienone is 2. The van der Waals surface area contributed by atoms with E-state index in [2.05, 4.69) is 40.7 Å². The Kier molecular flexibility index (Phi) is 5.80. The minimum atomic E-state index is -0.0376. The molecule has 1 nitrogen and oxygen atoms in total. The summed E-state index contributed by atoms with van der Waals surface area (Å²) in [6.45, 7) is 12.6. The lowest BCUT2D eigenvalue weighted by molar-refractivity contribution is -0.0427. The van der Waals surface area contributed by atoms with E-state index in [-0.39, 0.29) is 6.10 Å². The molecular weight excluding hydrogens is 340 g/mol. The average Bonchev–Trinajstić information content (AvgIpc) is 2.99. The molecule has 0 saturated heterocycles. The third kappa shape index (κ3) is 3.42. The van der Waals surface area contributed by atoms with E-state index in [1.807, 2.05) is 5.57 Å². The Labute approximate surface area is 174 Å². The first-order valence-corrected chi connectivity index (χ1v) is 12.6. The van der Waals surface area contributed by atoms with Gasteiger partial charge >= 0.3 is 0 Å². The Morgan fingerprint density at radius 2 is 1.68 bits per heavy atom. The molecule has 0 unspecified atom stereocenters. The van der Waals surface area contributed by atoms with Gasteiger partial charge in [0.15, 0.2) is 0 Å². The van der Waals surface area contributed by atoms with Crippen LogP contribution >= 0.6 is 0 Å². The second-order valence-electron chi connectivity index (χ2n) is 12.2. The van der Waals surface area contributed by atoms with Gasteiger partial charge in [-0.2, -0.15) is 0 Å². The van der Waals surface area contributed by atoms with E-state index in [9.17, 15) is 5.11 Å². The normalized spacial score (nSPS) is 46.5. The maximum Gasteiger partial charge on any atom is 0.0543 e. The van der Waals surface area contributed by atoms with Crippen LogP contribution in [0.1, 0.15) is 105 Å². The summed E-state index contributed by atoms with van der Waals surface area (Å²) in [4.78, 5) is 0. The molecule has 3 fully saturated rings. The van der Waals surface area contributed by atoms with Gasteiger partial charge in [0.25, 0.3) is 0 Å². The van der Waals surface area contributed by atoms with Gasteiger partial charge < -0.3 is 5.11 Å². The smallest absolute Gasteiger partial charge is 0.0543 e. The highest BCUT2D eigenvalue weighted by Crippen LogP contribution is 2.66. The molecule has 0 spiro atoms. The first-order valence-electron chi connectivity index (χ1n) is 12.6. The highest BCUT2D eigenvalue weighted by Gasteiger charge is 2.58. The Morgan fingerprint density at radius 3 is 2.43 bits per heavy atom. The molecule has 28 heavy (non-hydrogen) atoms. The van der Waals surface area contributed by atoms with Gasteiger partial charge in [0.05, 0.1) is 6.10 Å². The molecule has 160 valence electrons. The zero-order valence-electron chi connectivity index (χ0n) is 19.3. The van der Waals surface area contributed by atoms with Crippen molar-refractivity contribution in [1.82, 2.24) is 0 Å². The summed E-state index contributed by atoms with van der Waals surface area (Å²) in [6.07, 6.45) is 17.2. The predicted molar refractivity (Wildman–Crippen MR) is 119 cm³/mol. The van der Waals surface area contributed by atoms with Crippen molar-refractivity contribution in [2.75, 3.05) is 0 Å². The Balaban J connectivity index is 1.50. The molecule has 3 saturated carbocycles. The number of aliphatic hydroxyl groups excluding tert-OH is 1. The molecule has 0 heterocycles. The fraction of sp³-hybridized carbons (Fsp3) is 0.926. The van der Waals surface area contributed by atoms with Crippen molar-refractivity contribution in [3.63, 3.8) is 0 Å². The third-order valence-corrected chi connectivity index (χ3v) is 10.3. The molecule has 4 aliphatic carbocycles. The largest absolute Gasteiger partial charge is 0.393 e. The van der Waals surface area contributed by atoms with E-state index in [1.54, 1.807) is 0 Å². The average molecular weight is 387 g/mol. The standard InChI is InChI=1S/C27H46O/c1-18(2)7-6-8-19(3)23-11-12-24-22-10-9-20-17-21(28)13-15-26(20,4)25(22)14-16-27(23,24)5/h10,18-21,23-25,28H,6-9,11-17H2,1-5H3/t19-,20+,21+,23-,24+,25+,26-,27+/m0/s1. The highest BCUT2D eigenvalue weighted by molar-refractivity contribution is 5.27. The first kappa shape index (κ1) is 21.0. The summed E-state index contributed by atoms with van der Waals surface area (Å²) < 4.78 is 0. The monoisotopic (exact) mass is 386 g/mol. The molecule has 4 rings (SSSR count). The zero-order valence-corrected chi connectivity index (χ0v) is 19.3. The van der Waals surface area contributed by atoms with Crippen LogP contribution in [0.25, 0.3) is 0 Å². The second kappa shape index (κ2) is 7.75. The van der Waals surface area contributed by atoms with E-state index in [0.717, 1.165) is 48.3 Å². The van der Waals surface area contributed by atoms with Gasteiger partial charge in [-0.25, -0.2) is 0 Å². The summed E-state index contributed by atoms with van der Waals surface area (Å²) in [5.41, 5.74) is 2.89. The Hall–Kier alpha value is -0.300. The first-order chi connectivity index (χ1) is 13.3. The summed E-state index contributed by atoms with van der Waals surface area (Å²) in [6, 6.07) is 0. The number of fused-ring (bicyclic) bond motifs is 5. The van der Waals surface area contributed by atoms with Crippen LogP contribution in [0.3, 0.4) is 0 Å². The van der Waals surface area contributed by atoms with Crippen LogP contribution < -0.4 is 0 Å². The molecule has 0 bridgehead atoms. The van der Waals surface area contributed by atoms with Gasteiger partial charge in [0.1, 0.15) is 0 Å². The summed E-state index contributed by atoms with van der Waals surface area (Å²) in [5, 5.41) is 10.2. The van der Waals surface area contributed by atoms with Crippen molar-refractivity contribution in [1.29, 1.82) is 0 Å². The van der Waals surface area contributed by atoms with Crippen molar-refractivity contribution in [2.24, 2.45) is 46.3 Å². The molecule has 0 aliphatic heterocycles. The van der Waals surface area contributed by atoms with Crippen molar-refractivity contribution < 1.29 is 5.11 Å². The minimum Gasteiger partial charge on any atom is -0.393 e. The lowest BCUT2D eigenvalue weighted by Crippen LogP contribution is -2.49. The van der Waals surface area contributed by atoms with Gasteiger partial charge in [-0.1, -0.05) is 65.5 Å². The lowest BCUT2D eigenvalue weighted by Gasteiger charge is -2.57. The van der Waals surface area contributed by atoms with E-state index in [4.69, 9.17) is 0 Å². The third-order valence-electron chi connectivity index (χ3n) is 10.3. The molecule has 4 aliphatic rings. The van der Waals surface area contributed by atoms with Crippen LogP contribution in [0, 0.1) is 46.3 Å². The summed E-state index contributed by atoms with van der Waals surface area (Å²) >= 11 is 0. The number of aliphatic hydroxyl groups is 1. The van der Waals surface area contributed by atoms with Crippen LogP contribution in [0.4, 0.5) is 0 Å². The van der Waals surface area contributed by atoms with Gasteiger partial charge in [-0.15, -0.1) is 0 Å². The van der Waals surface area contributed by atoms with Gasteiger partial charge in [0.2, 0.25) is 0 Å². The van der Waals surface area contributed by atoms with Crippen molar-refractivity contribution in [3.8, 4) is 0 Å². The summed E-state index contributed by atoms with van der Waals surface area (Å²) in [7, 11) is 0. The quantitative estimate of drug-likeness (QED) is 0.488. The van der Waals surface area contributed by atoms with Crippen LogP contribution in [0.2, 0.25) is 0 Å². The van der Waals surface area contributed by atoms with E-state index < -0.39 is 0 Å². The fourth-order valence-corrected chi connectivity index (χ4v) is 8.51. The van der Waals surface area contributed by atoms with Crippen LogP contribution in [-0.2, 0) is 0 Å². The SMILES string of the molecule is CC(C)CCC[C@H](C)[C@@H]1CC[C@@H]2C3=CC[C@@H]4C[C@H](O)CC[C@]4(C)[C@@H]3CC[C@@]21C. The molecule has 1 N–H and O–H groups in total.